The highest BCUT2D eigenvalue weighted by Crippen LogP contribution is 2.19. The number of carbonyl (C=O) groups excluding carboxylic acids is 2. The van der Waals surface area contributed by atoms with Crippen LogP contribution >= 0.6 is 0 Å². The molecule has 1 N–H and O–H groups in total. The number of rotatable bonds is 10. The summed E-state index contributed by atoms with van der Waals surface area (Å²) in [6.45, 7) is 0. The lowest BCUT2D eigenvalue weighted by Gasteiger charge is -2.07. The molecule has 0 radical (unpaired) electrons. The van der Waals surface area contributed by atoms with Crippen LogP contribution in [0.15, 0.2) is 54.6 Å². The topological polar surface area (TPSA) is 55.4 Å². The van der Waals surface area contributed by atoms with Crippen LogP contribution < -0.4 is 10.1 Å². The van der Waals surface area contributed by atoms with Crippen LogP contribution in [-0.4, -0.2) is 18.8 Å². The lowest BCUT2D eigenvalue weighted by atomic mass is 10.0. The Labute approximate surface area is 149 Å². The molecule has 0 atom stereocenters. The van der Waals surface area contributed by atoms with Gasteiger partial charge in [-0.3, -0.25) is 9.59 Å². The molecule has 0 heterocycles. The fourth-order valence-electron chi connectivity index (χ4n) is 2.68. The SMILES string of the molecule is COc1ccccc1CC(=O)CCCCCC(=O)Nc1ccccc1. The van der Waals surface area contributed by atoms with Crippen molar-refractivity contribution in [3.63, 3.8) is 0 Å². The van der Waals surface area contributed by atoms with Crippen LogP contribution in [0.2, 0.25) is 0 Å². The zero-order valence-electron chi connectivity index (χ0n) is 14.7. The summed E-state index contributed by atoms with van der Waals surface area (Å²) >= 11 is 0. The number of amides is 1. The van der Waals surface area contributed by atoms with E-state index in [1.807, 2.05) is 54.6 Å². The van der Waals surface area contributed by atoms with Gasteiger partial charge in [0.1, 0.15) is 11.5 Å². The van der Waals surface area contributed by atoms with Gasteiger partial charge in [0.05, 0.1) is 7.11 Å². The molecule has 0 bridgehead atoms. The van der Waals surface area contributed by atoms with Crippen molar-refractivity contribution in [2.24, 2.45) is 0 Å². The Morgan fingerprint density at radius 2 is 1.56 bits per heavy atom. The molecule has 2 aromatic carbocycles. The quantitative estimate of drug-likeness (QED) is 0.653. The summed E-state index contributed by atoms with van der Waals surface area (Å²) in [6.07, 6.45) is 3.90. The third-order valence-corrected chi connectivity index (χ3v) is 4.00. The molecule has 1 amide bonds. The van der Waals surface area contributed by atoms with E-state index in [2.05, 4.69) is 5.32 Å². The molecule has 2 aromatic rings. The van der Waals surface area contributed by atoms with Crippen molar-refractivity contribution in [1.82, 2.24) is 0 Å². The average Bonchev–Trinajstić information content (AvgIpc) is 2.62. The van der Waals surface area contributed by atoms with Crippen molar-refractivity contribution in [3.05, 3.63) is 60.2 Å². The fraction of sp³-hybridized carbons (Fsp3) is 0.333. The van der Waals surface area contributed by atoms with Crippen LogP contribution in [-0.2, 0) is 16.0 Å². The lowest BCUT2D eigenvalue weighted by molar-refractivity contribution is -0.118. The third-order valence-electron chi connectivity index (χ3n) is 4.00. The molecule has 0 aliphatic heterocycles. The number of hydrogen-bond donors (Lipinski definition) is 1. The van der Waals surface area contributed by atoms with Gasteiger partial charge in [0.2, 0.25) is 5.91 Å². The molecule has 0 saturated carbocycles. The predicted octanol–water partition coefficient (Wildman–Crippen LogP) is 4.40. The summed E-state index contributed by atoms with van der Waals surface area (Å²) in [5, 5.41) is 2.87. The number of ketones is 1. The maximum absolute atomic E-state index is 12.1. The lowest BCUT2D eigenvalue weighted by Crippen LogP contribution is -2.11. The monoisotopic (exact) mass is 339 g/mol. The van der Waals surface area contributed by atoms with Gasteiger partial charge in [0, 0.05) is 30.5 Å². The van der Waals surface area contributed by atoms with Crippen molar-refractivity contribution in [3.8, 4) is 5.75 Å². The van der Waals surface area contributed by atoms with Crippen molar-refractivity contribution < 1.29 is 14.3 Å². The Balaban J connectivity index is 1.61. The Bertz CT molecular complexity index is 683. The predicted molar refractivity (Wildman–Crippen MR) is 99.9 cm³/mol. The molecule has 0 spiro atoms. The Kier molecular flexibility index (Phi) is 7.70. The van der Waals surface area contributed by atoms with E-state index in [0.717, 1.165) is 36.3 Å². The van der Waals surface area contributed by atoms with Crippen molar-refractivity contribution >= 4 is 17.4 Å². The standard InChI is InChI=1S/C21H25NO3/c1-25-20-14-9-8-10-17(20)16-19(23)13-6-3-7-15-21(24)22-18-11-4-2-5-12-18/h2,4-5,8-12,14H,3,6-7,13,15-16H2,1H3,(H,22,24). The molecule has 0 aliphatic rings. The molecule has 0 saturated heterocycles. The number of unbranched alkanes of at least 4 members (excludes halogenated alkanes) is 2. The van der Waals surface area contributed by atoms with Crippen LogP contribution in [0.25, 0.3) is 0 Å². The van der Waals surface area contributed by atoms with E-state index in [1.54, 1.807) is 7.11 Å². The first-order valence-corrected chi connectivity index (χ1v) is 8.67. The van der Waals surface area contributed by atoms with Gasteiger partial charge in [-0.2, -0.15) is 0 Å². The Morgan fingerprint density at radius 3 is 2.32 bits per heavy atom. The number of para-hydroxylation sites is 2. The number of hydrogen-bond acceptors (Lipinski definition) is 3. The van der Waals surface area contributed by atoms with Crippen LogP contribution in [0.5, 0.6) is 5.75 Å². The first kappa shape index (κ1) is 18.7. The number of carbonyl (C=O) groups is 2. The highest BCUT2D eigenvalue weighted by atomic mass is 16.5. The van der Waals surface area contributed by atoms with E-state index in [4.69, 9.17) is 4.74 Å². The number of ether oxygens (including phenoxy) is 1. The molecule has 0 aromatic heterocycles. The summed E-state index contributed by atoms with van der Waals surface area (Å²) in [4.78, 5) is 23.9. The zero-order chi connectivity index (χ0) is 17.9. The van der Waals surface area contributed by atoms with E-state index < -0.39 is 0 Å². The largest absolute Gasteiger partial charge is 0.496 e. The summed E-state index contributed by atoms with van der Waals surface area (Å²) in [7, 11) is 1.61. The van der Waals surface area contributed by atoms with E-state index in [-0.39, 0.29) is 11.7 Å². The van der Waals surface area contributed by atoms with Crippen molar-refractivity contribution in [2.45, 2.75) is 38.5 Å². The van der Waals surface area contributed by atoms with Gasteiger partial charge in [-0.1, -0.05) is 42.8 Å². The highest BCUT2D eigenvalue weighted by molar-refractivity contribution is 5.90. The summed E-state index contributed by atoms with van der Waals surface area (Å²) in [5.74, 6) is 0.984. The fourth-order valence-corrected chi connectivity index (χ4v) is 2.68. The van der Waals surface area contributed by atoms with Crippen LogP contribution in [0, 0.1) is 0 Å². The minimum absolute atomic E-state index is 0.0200. The van der Waals surface area contributed by atoms with Crippen LogP contribution in [0.1, 0.15) is 37.7 Å². The molecule has 0 fully saturated rings. The number of Topliss-reactive ketones (excluding diaryl/α,β-unsaturated/α-hetero) is 1. The van der Waals surface area contributed by atoms with Crippen molar-refractivity contribution in [2.75, 3.05) is 12.4 Å². The van der Waals surface area contributed by atoms with Gasteiger partial charge >= 0.3 is 0 Å². The third kappa shape index (κ3) is 6.79. The van der Waals surface area contributed by atoms with Gasteiger partial charge in [0.25, 0.3) is 0 Å². The van der Waals surface area contributed by atoms with Gasteiger partial charge in [-0.05, 0) is 31.0 Å². The second-order valence-electron chi connectivity index (χ2n) is 6.00. The van der Waals surface area contributed by atoms with Gasteiger partial charge < -0.3 is 10.1 Å². The molecule has 4 nitrogen and oxygen atoms in total. The average molecular weight is 339 g/mol. The molecule has 0 unspecified atom stereocenters. The highest BCUT2D eigenvalue weighted by Gasteiger charge is 2.08. The summed E-state index contributed by atoms with van der Waals surface area (Å²) < 4.78 is 5.27. The van der Waals surface area contributed by atoms with Gasteiger partial charge in [-0.15, -0.1) is 0 Å². The normalized spacial score (nSPS) is 10.3. The molecule has 132 valence electrons. The molecule has 4 heteroatoms. The van der Waals surface area contributed by atoms with E-state index in [1.165, 1.54) is 0 Å². The van der Waals surface area contributed by atoms with E-state index >= 15 is 0 Å². The zero-order valence-corrected chi connectivity index (χ0v) is 14.7. The molecular weight excluding hydrogens is 314 g/mol. The number of methoxy groups -OCH3 is 1. The first-order valence-electron chi connectivity index (χ1n) is 8.67. The van der Waals surface area contributed by atoms with Gasteiger partial charge in [0.15, 0.2) is 0 Å². The Morgan fingerprint density at radius 1 is 0.880 bits per heavy atom. The maximum atomic E-state index is 12.1. The molecular formula is C21H25NO3. The smallest absolute Gasteiger partial charge is 0.224 e. The summed E-state index contributed by atoms with van der Waals surface area (Å²) in [6, 6.07) is 17.0. The van der Waals surface area contributed by atoms with Crippen LogP contribution in [0.4, 0.5) is 5.69 Å². The summed E-state index contributed by atoms with van der Waals surface area (Å²) in [5.41, 5.74) is 1.75. The molecule has 0 aliphatic carbocycles. The number of nitrogens with one attached hydrogen (secondary N) is 1. The number of anilines is 1. The van der Waals surface area contributed by atoms with Crippen LogP contribution in [0.3, 0.4) is 0 Å². The minimum atomic E-state index is 0.0200. The molecule has 25 heavy (non-hydrogen) atoms. The maximum Gasteiger partial charge on any atom is 0.224 e. The number of benzene rings is 2. The second kappa shape index (κ2) is 10.3. The van der Waals surface area contributed by atoms with E-state index in [9.17, 15) is 9.59 Å². The van der Waals surface area contributed by atoms with Gasteiger partial charge in [-0.25, -0.2) is 0 Å². The first-order chi connectivity index (χ1) is 12.2. The van der Waals surface area contributed by atoms with E-state index in [0.29, 0.717) is 19.3 Å². The molecule has 2 rings (SSSR count). The second-order valence-corrected chi connectivity index (χ2v) is 6.00. The Hall–Kier alpha value is -2.62. The van der Waals surface area contributed by atoms with Crippen molar-refractivity contribution in [1.29, 1.82) is 0 Å². The minimum Gasteiger partial charge on any atom is -0.496 e.